The largest absolute Gasteiger partial charge is 0.341 e. The Hall–Kier alpha value is -1.91. The van der Waals surface area contributed by atoms with Gasteiger partial charge >= 0.3 is 0 Å². The Morgan fingerprint density at radius 1 is 1.00 bits per heavy atom. The molecule has 0 aromatic carbocycles. The van der Waals surface area contributed by atoms with Crippen LogP contribution in [0.2, 0.25) is 0 Å². The second-order valence-corrected chi connectivity index (χ2v) is 5.48. The highest BCUT2D eigenvalue weighted by Gasteiger charge is 2.34. The number of pyridine rings is 1. The Kier molecular flexibility index (Phi) is 3.67. The lowest BCUT2D eigenvalue weighted by Gasteiger charge is -2.22. The number of rotatable bonds is 2. The second kappa shape index (κ2) is 5.61. The van der Waals surface area contributed by atoms with Crippen LogP contribution in [0.15, 0.2) is 24.5 Å². The maximum Gasteiger partial charge on any atom is 0.254 e. The molecule has 2 aliphatic rings. The van der Waals surface area contributed by atoms with Crippen LogP contribution in [0.1, 0.15) is 29.6 Å². The molecule has 0 N–H and O–H groups in total. The summed E-state index contributed by atoms with van der Waals surface area (Å²) in [7, 11) is 0. The van der Waals surface area contributed by atoms with E-state index in [2.05, 4.69) is 4.98 Å². The third kappa shape index (κ3) is 2.81. The van der Waals surface area contributed by atoms with Gasteiger partial charge in [-0.15, -0.1) is 0 Å². The lowest BCUT2D eigenvalue weighted by molar-refractivity contribution is -0.132. The normalized spacial score (nSPS) is 19.6. The minimum Gasteiger partial charge on any atom is -0.341 e. The van der Waals surface area contributed by atoms with Crippen LogP contribution in [0, 0.1) is 5.92 Å². The average Bonchev–Trinajstić information content (AvgIpc) is 3.33. The van der Waals surface area contributed by atoms with E-state index in [-0.39, 0.29) is 17.7 Å². The van der Waals surface area contributed by atoms with Gasteiger partial charge in [0.1, 0.15) is 0 Å². The van der Waals surface area contributed by atoms with Crippen LogP contribution in [0.4, 0.5) is 0 Å². The van der Waals surface area contributed by atoms with E-state index in [9.17, 15) is 9.59 Å². The predicted octanol–water partition coefficient (Wildman–Crippen LogP) is 1.17. The molecule has 0 spiro atoms. The summed E-state index contributed by atoms with van der Waals surface area (Å²) in [6.45, 7) is 2.77. The summed E-state index contributed by atoms with van der Waals surface area (Å²) in [5.41, 5.74) is 0.668. The maximum absolute atomic E-state index is 12.4. The fourth-order valence-corrected chi connectivity index (χ4v) is 2.61. The monoisotopic (exact) mass is 273 g/mol. The number of hydrogen-bond acceptors (Lipinski definition) is 3. The molecule has 5 heteroatoms. The van der Waals surface area contributed by atoms with Crippen molar-refractivity contribution in [3.05, 3.63) is 30.1 Å². The van der Waals surface area contributed by atoms with Crippen molar-refractivity contribution in [2.45, 2.75) is 19.3 Å². The molecule has 106 valence electrons. The number of amides is 2. The lowest BCUT2D eigenvalue weighted by atomic mass is 10.2. The first kappa shape index (κ1) is 13.1. The molecule has 0 radical (unpaired) electrons. The van der Waals surface area contributed by atoms with Crippen molar-refractivity contribution in [3.63, 3.8) is 0 Å². The fraction of sp³-hybridized carbons (Fsp3) is 0.533. The number of carbonyl (C=O) groups excluding carboxylic acids is 2. The van der Waals surface area contributed by atoms with Crippen LogP contribution in [0.5, 0.6) is 0 Å². The van der Waals surface area contributed by atoms with E-state index in [1.165, 1.54) is 0 Å². The molecule has 1 aliphatic carbocycles. The maximum atomic E-state index is 12.4. The molecule has 0 atom stereocenters. The van der Waals surface area contributed by atoms with Crippen LogP contribution >= 0.6 is 0 Å². The zero-order valence-electron chi connectivity index (χ0n) is 11.5. The first-order valence-electron chi connectivity index (χ1n) is 7.24. The van der Waals surface area contributed by atoms with E-state index in [0.717, 1.165) is 32.4 Å². The van der Waals surface area contributed by atoms with Crippen LogP contribution in [0.3, 0.4) is 0 Å². The quantitative estimate of drug-likeness (QED) is 0.812. The topological polar surface area (TPSA) is 53.5 Å². The zero-order valence-corrected chi connectivity index (χ0v) is 11.5. The molecule has 3 rings (SSSR count). The van der Waals surface area contributed by atoms with Crippen molar-refractivity contribution in [1.82, 2.24) is 14.8 Å². The summed E-state index contributed by atoms with van der Waals surface area (Å²) in [5, 5.41) is 0. The Balaban J connectivity index is 1.62. The number of carbonyl (C=O) groups is 2. The number of nitrogens with zero attached hydrogens (tertiary/aromatic N) is 3. The minimum atomic E-state index is 0.0353. The van der Waals surface area contributed by atoms with E-state index < -0.39 is 0 Å². The smallest absolute Gasteiger partial charge is 0.254 e. The van der Waals surface area contributed by atoms with Gasteiger partial charge in [0.05, 0.1) is 0 Å². The molecular formula is C15H19N3O2. The molecule has 1 aromatic heterocycles. The van der Waals surface area contributed by atoms with Crippen molar-refractivity contribution in [2.75, 3.05) is 26.2 Å². The van der Waals surface area contributed by atoms with Gasteiger partial charge in [-0.05, 0) is 31.4 Å². The Morgan fingerprint density at radius 2 is 1.65 bits per heavy atom. The van der Waals surface area contributed by atoms with Crippen LogP contribution in [0.25, 0.3) is 0 Å². The van der Waals surface area contributed by atoms with Gasteiger partial charge in [-0.2, -0.15) is 0 Å². The van der Waals surface area contributed by atoms with Crippen molar-refractivity contribution < 1.29 is 9.59 Å². The molecule has 1 aliphatic heterocycles. The van der Waals surface area contributed by atoms with E-state index >= 15 is 0 Å². The Bertz CT molecular complexity index is 499. The SMILES string of the molecule is O=C(c1ccncc1)N1CCCN(C(=O)C2CC2)CC1. The first-order chi connectivity index (χ1) is 9.75. The molecule has 0 bridgehead atoms. The Morgan fingerprint density at radius 3 is 2.35 bits per heavy atom. The summed E-state index contributed by atoms with van der Waals surface area (Å²) < 4.78 is 0. The van der Waals surface area contributed by atoms with Crippen LogP contribution in [-0.2, 0) is 4.79 Å². The van der Waals surface area contributed by atoms with Crippen molar-refractivity contribution in [3.8, 4) is 0 Å². The van der Waals surface area contributed by atoms with Gasteiger partial charge in [0.2, 0.25) is 5.91 Å². The van der Waals surface area contributed by atoms with Gasteiger partial charge in [0.15, 0.2) is 0 Å². The molecule has 2 amide bonds. The van der Waals surface area contributed by atoms with Crippen molar-refractivity contribution in [1.29, 1.82) is 0 Å². The standard InChI is InChI=1S/C15H19N3O2/c19-14(12-2-3-12)17-8-1-9-18(11-10-17)15(20)13-4-6-16-7-5-13/h4-7,12H,1-3,8-11H2. The van der Waals surface area contributed by atoms with Crippen molar-refractivity contribution >= 4 is 11.8 Å². The Labute approximate surface area is 118 Å². The molecular weight excluding hydrogens is 254 g/mol. The van der Waals surface area contributed by atoms with Gasteiger partial charge in [-0.25, -0.2) is 0 Å². The van der Waals surface area contributed by atoms with E-state index in [4.69, 9.17) is 0 Å². The average molecular weight is 273 g/mol. The van der Waals surface area contributed by atoms with Gasteiger partial charge < -0.3 is 9.80 Å². The second-order valence-electron chi connectivity index (χ2n) is 5.48. The van der Waals surface area contributed by atoms with Gasteiger partial charge in [0, 0.05) is 50.1 Å². The van der Waals surface area contributed by atoms with E-state index in [1.807, 2.05) is 9.80 Å². The molecule has 2 fully saturated rings. The summed E-state index contributed by atoms with van der Waals surface area (Å²) in [6, 6.07) is 3.47. The summed E-state index contributed by atoms with van der Waals surface area (Å²) in [5.74, 6) is 0.578. The summed E-state index contributed by atoms with van der Waals surface area (Å²) in [4.78, 5) is 32.1. The first-order valence-corrected chi connectivity index (χ1v) is 7.24. The van der Waals surface area contributed by atoms with Crippen LogP contribution < -0.4 is 0 Å². The predicted molar refractivity (Wildman–Crippen MR) is 74.1 cm³/mol. The zero-order chi connectivity index (χ0) is 13.9. The summed E-state index contributed by atoms with van der Waals surface area (Å²) >= 11 is 0. The summed E-state index contributed by atoms with van der Waals surface area (Å²) in [6.07, 6.45) is 6.20. The molecule has 1 saturated carbocycles. The number of hydrogen-bond donors (Lipinski definition) is 0. The molecule has 1 aromatic rings. The van der Waals surface area contributed by atoms with Gasteiger partial charge in [-0.1, -0.05) is 0 Å². The highest BCUT2D eigenvalue weighted by Crippen LogP contribution is 2.31. The molecule has 20 heavy (non-hydrogen) atoms. The number of aromatic nitrogens is 1. The fourth-order valence-electron chi connectivity index (χ4n) is 2.61. The van der Waals surface area contributed by atoms with Gasteiger partial charge in [0.25, 0.3) is 5.91 Å². The molecule has 0 unspecified atom stereocenters. The van der Waals surface area contributed by atoms with Crippen molar-refractivity contribution in [2.24, 2.45) is 5.92 Å². The molecule has 2 heterocycles. The molecule has 1 saturated heterocycles. The highest BCUT2D eigenvalue weighted by atomic mass is 16.2. The highest BCUT2D eigenvalue weighted by molar-refractivity contribution is 5.94. The lowest BCUT2D eigenvalue weighted by Crippen LogP contribution is -2.37. The van der Waals surface area contributed by atoms with Crippen LogP contribution in [-0.4, -0.2) is 52.8 Å². The minimum absolute atomic E-state index is 0.0353. The molecule has 5 nitrogen and oxygen atoms in total. The van der Waals surface area contributed by atoms with Gasteiger partial charge in [-0.3, -0.25) is 14.6 Å². The third-order valence-corrected chi connectivity index (χ3v) is 3.95. The third-order valence-electron chi connectivity index (χ3n) is 3.95. The van der Waals surface area contributed by atoms with E-state index in [0.29, 0.717) is 18.7 Å². The van der Waals surface area contributed by atoms with E-state index in [1.54, 1.807) is 24.5 Å².